The molecule has 0 bridgehead atoms. The number of rotatable bonds is 3. The molecule has 1 aromatic heterocycles. The first-order valence-electron chi connectivity index (χ1n) is 5.48. The Hall–Kier alpha value is -2.30. The molecule has 18 heavy (non-hydrogen) atoms. The molecular formula is C13H14N2O3. The number of aryl methyl sites for hydroxylation is 1. The molecule has 5 heteroatoms. The van der Waals surface area contributed by atoms with Gasteiger partial charge in [-0.15, -0.1) is 0 Å². The summed E-state index contributed by atoms with van der Waals surface area (Å²) < 4.78 is 4.95. The molecule has 0 aliphatic carbocycles. The van der Waals surface area contributed by atoms with E-state index in [2.05, 4.69) is 5.16 Å². The van der Waals surface area contributed by atoms with E-state index in [9.17, 15) is 4.79 Å². The summed E-state index contributed by atoms with van der Waals surface area (Å²) in [5, 5.41) is 12.9. The monoisotopic (exact) mass is 246 g/mol. The van der Waals surface area contributed by atoms with Crippen LogP contribution < -0.4 is 4.90 Å². The van der Waals surface area contributed by atoms with E-state index in [1.807, 2.05) is 43.3 Å². The number of carbonyl (C=O) groups is 1. The van der Waals surface area contributed by atoms with Gasteiger partial charge in [0, 0.05) is 25.3 Å². The van der Waals surface area contributed by atoms with Crippen molar-refractivity contribution < 1.29 is 14.4 Å². The van der Waals surface area contributed by atoms with Crippen LogP contribution in [-0.2, 0) is 0 Å². The van der Waals surface area contributed by atoms with Crippen LogP contribution in [0.25, 0.3) is 11.3 Å². The lowest BCUT2D eigenvalue weighted by Gasteiger charge is -2.12. The van der Waals surface area contributed by atoms with Crippen LogP contribution in [0.1, 0.15) is 16.1 Å². The fourth-order valence-electron chi connectivity index (χ4n) is 1.74. The zero-order valence-electron chi connectivity index (χ0n) is 10.5. The largest absolute Gasteiger partial charge is 0.477 e. The summed E-state index contributed by atoms with van der Waals surface area (Å²) in [6.07, 6.45) is 0. The molecule has 1 N–H and O–H groups in total. The highest BCUT2D eigenvalue weighted by Crippen LogP contribution is 2.26. The number of aromatic nitrogens is 1. The second-order valence-electron chi connectivity index (χ2n) is 4.21. The van der Waals surface area contributed by atoms with Crippen LogP contribution in [0.4, 0.5) is 5.69 Å². The van der Waals surface area contributed by atoms with Crippen LogP contribution in [0, 0.1) is 6.92 Å². The van der Waals surface area contributed by atoms with E-state index in [-0.39, 0.29) is 5.56 Å². The van der Waals surface area contributed by atoms with Crippen molar-refractivity contribution in [3.63, 3.8) is 0 Å². The van der Waals surface area contributed by atoms with Gasteiger partial charge in [0.05, 0.1) is 0 Å². The van der Waals surface area contributed by atoms with Crippen LogP contribution in [0.3, 0.4) is 0 Å². The molecule has 2 rings (SSSR count). The number of hydrogen-bond donors (Lipinski definition) is 1. The molecule has 0 atom stereocenters. The summed E-state index contributed by atoms with van der Waals surface area (Å²) in [5.41, 5.74) is 2.25. The average Bonchev–Trinajstić information content (AvgIpc) is 2.71. The Labute approximate surface area is 105 Å². The number of nitrogens with zero attached hydrogens (tertiary/aromatic N) is 2. The van der Waals surface area contributed by atoms with Gasteiger partial charge in [-0.3, -0.25) is 0 Å². The molecule has 2 aromatic rings. The first-order valence-corrected chi connectivity index (χ1v) is 5.48. The number of benzene rings is 1. The van der Waals surface area contributed by atoms with Crippen LogP contribution in [0.2, 0.25) is 0 Å². The van der Waals surface area contributed by atoms with Gasteiger partial charge in [0.25, 0.3) is 0 Å². The van der Waals surface area contributed by atoms with E-state index in [1.165, 1.54) is 0 Å². The van der Waals surface area contributed by atoms with Gasteiger partial charge in [-0.05, 0) is 19.1 Å². The molecule has 0 amide bonds. The lowest BCUT2D eigenvalue weighted by molar-refractivity contribution is 0.0696. The number of carboxylic acids is 1. The van der Waals surface area contributed by atoms with Gasteiger partial charge in [0.15, 0.2) is 0 Å². The summed E-state index contributed by atoms with van der Waals surface area (Å²) in [6, 6.07) is 7.48. The van der Waals surface area contributed by atoms with Crippen LogP contribution in [0.15, 0.2) is 28.8 Å². The average molecular weight is 246 g/mol. The number of carboxylic acid groups (broad SMARTS) is 1. The van der Waals surface area contributed by atoms with E-state index in [0.29, 0.717) is 11.5 Å². The van der Waals surface area contributed by atoms with Crippen LogP contribution in [0.5, 0.6) is 0 Å². The van der Waals surface area contributed by atoms with E-state index < -0.39 is 5.97 Å². The van der Waals surface area contributed by atoms with E-state index >= 15 is 0 Å². The molecule has 94 valence electrons. The summed E-state index contributed by atoms with van der Waals surface area (Å²) in [4.78, 5) is 13.1. The first kappa shape index (κ1) is 12.2. The molecule has 0 spiro atoms. The van der Waals surface area contributed by atoms with Crippen molar-refractivity contribution in [1.29, 1.82) is 0 Å². The minimum atomic E-state index is -1.03. The zero-order chi connectivity index (χ0) is 13.3. The Kier molecular flexibility index (Phi) is 3.06. The summed E-state index contributed by atoms with van der Waals surface area (Å²) in [5.74, 6) is -0.713. The fourth-order valence-corrected chi connectivity index (χ4v) is 1.74. The standard InChI is InChI=1S/C13H14N2O3/c1-8-11(13(16)17)12(14-18-8)9-4-6-10(7-5-9)15(2)3/h4-7H,1-3H3,(H,16,17). The van der Waals surface area contributed by atoms with Gasteiger partial charge in [0.1, 0.15) is 17.0 Å². The Morgan fingerprint density at radius 1 is 1.28 bits per heavy atom. The predicted octanol–water partition coefficient (Wildman–Crippen LogP) is 2.41. The minimum absolute atomic E-state index is 0.118. The number of hydrogen-bond acceptors (Lipinski definition) is 4. The van der Waals surface area contributed by atoms with Crippen molar-refractivity contribution in [1.82, 2.24) is 5.16 Å². The molecule has 0 saturated carbocycles. The van der Waals surface area contributed by atoms with Crippen LogP contribution in [-0.4, -0.2) is 30.3 Å². The van der Waals surface area contributed by atoms with Crippen molar-refractivity contribution in [3.05, 3.63) is 35.6 Å². The first-order chi connectivity index (χ1) is 8.50. The van der Waals surface area contributed by atoms with Gasteiger partial charge in [-0.2, -0.15) is 0 Å². The third-order valence-corrected chi connectivity index (χ3v) is 2.73. The molecule has 1 aromatic carbocycles. The quantitative estimate of drug-likeness (QED) is 0.900. The Balaban J connectivity index is 2.46. The molecule has 0 fully saturated rings. The van der Waals surface area contributed by atoms with Gasteiger partial charge < -0.3 is 14.5 Å². The smallest absolute Gasteiger partial charge is 0.341 e. The Morgan fingerprint density at radius 3 is 2.39 bits per heavy atom. The molecule has 0 unspecified atom stereocenters. The van der Waals surface area contributed by atoms with Crippen molar-refractivity contribution >= 4 is 11.7 Å². The summed E-state index contributed by atoms with van der Waals surface area (Å²) in [6.45, 7) is 1.59. The Bertz CT molecular complexity index is 570. The molecule has 0 aliphatic rings. The van der Waals surface area contributed by atoms with Crippen molar-refractivity contribution in [2.75, 3.05) is 19.0 Å². The summed E-state index contributed by atoms with van der Waals surface area (Å²) >= 11 is 0. The molecule has 0 aliphatic heterocycles. The van der Waals surface area contributed by atoms with E-state index in [0.717, 1.165) is 11.3 Å². The lowest BCUT2D eigenvalue weighted by Crippen LogP contribution is -2.08. The van der Waals surface area contributed by atoms with Crippen molar-refractivity contribution in [2.24, 2.45) is 0 Å². The third-order valence-electron chi connectivity index (χ3n) is 2.73. The zero-order valence-corrected chi connectivity index (χ0v) is 10.5. The SMILES string of the molecule is Cc1onc(-c2ccc(N(C)C)cc2)c1C(=O)O. The molecular weight excluding hydrogens is 232 g/mol. The predicted molar refractivity (Wildman–Crippen MR) is 68.0 cm³/mol. The maximum absolute atomic E-state index is 11.1. The maximum atomic E-state index is 11.1. The number of anilines is 1. The van der Waals surface area contributed by atoms with Gasteiger partial charge >= 0.3 is 5.97 Å². The van der Waals surface area contributed by atoms with Crippen molar-refractivity contribution in [2.45, 2.75) is 6.92 Å². The third kappa shape index (κ3) is 2.07. The van der Waals surface area contributed by atoms with E-state index in [1.54, 1.807) is 6.92 Å². The lowest BCUT2D eigenvalue weighted by atomic mass is 10.1. The molecule has 5 nitrogen and oxygen atoms in total. The molecule has 0 saturated heterocycles. The van der Waals surface area contributed by atoms with Gasteiger partial charge in [-0.1, -0.05) is 17.3 Å². The van der Waals surface area contributed by atoms with E-state index in [4.69, 9.17) is 9.63 Å². The highest BCUT2D eigenvalue weighted by Gasteiger charge is 2.20. The second-order valence-corrected chi connectivity index (χ2v) is 4.21. The minimum Gasteiger partial charge on any atom is -0.477 e. The van der Waals surface area contributed by atoms with Crippen LogP contribution >= 0.6 is 0 Å². The normalized spacial score (nSPS) is 10.4. The van der Waals surface area contributed by atoms with Crippen molar-refractivity contribution in [3.8, 4) is 11.3 Å². The highest BCUT2D eigenvalue weighted by atomic mass is 16.5. The molecule has 0 radical (unpaired) electrons. The second kappa shape index (κ2) is 4.52. The Morgan fingerprint density at radius 2 is 1.89 bits per heavy atom. The maximum Gasteiger partial charge on any atom is 0.341 e. The highest BCUT2D eigenvalue weighted by molar-refractivity contribution is 5.95. The van der Waals surface area contributed by atoms with Gasteiger partial charge in [0.2, 0.25) is 0 Å². The molecule has 1 heterocycles. The van der Waals surface area contributed by atoms with Gasteiger partial charge in [-0.25, -0.2) is 4.79 Å². The fraction of sp³-hybridized carbons (Fsp3) is 0.231. The number of aromatic carboxylic acids is 1. The topological polar surface area (TPSA) is 66.6 Å². The summed E-state index contributed by atoms with van der Waals surface area (Å²) in [7, 11) is 3.88.